The average molecular weight is 387 g/mol. The van der Waals surface area contributed by atoms with Crippen molar-refractivity contribution in [3.8, 4) is 0 Å². The van der Waals surface area contributed by atoms with Crippen LogP contribution < -0.4 is 5.32 Å². The van der Waals surface area contributed by atoms with Crippen LogP contribution >= 0.6 is 39.3 Å². The van der Waals surface area contributed by atoms with Gasteiger partial charge in [-0.25, -0.2) is 4.39 Å². The fourth-order valence-electron chi connectivity index (χ4n) is 2.50. The third kappa shape index (κ3) is 3.22. The van der Waals surface area contributed by atoms with E-state index in [0.29, 0.717) is 4.47 Å². The first-order valence-electron chi connectivity index (χ1n) is 6.69. The van der Waals surface area contributed by atoms with Gasteiger partial charge >= 0.3 is 0 Å². The predicted octanol–water partition coefficient (Wildman–Crippen LogP) is 6.20. The maximum absolute atomic E-state index is 13.5. The molecule has 0 spiro atoms. The van der Waals surface area contributed by atoms with Crippen LogP contribution in [0.4, 0.5) is 10.1 Å². The van der Waals surface area contributed by atoms with Crippen molar-refractivity contribution in [2.75, 3.05) is 11.1 Å². The van der Waals surface area contributed by atoms with Gasteiger partial charge in [0, 0.05) is 21.4 Å². The van der Waals surface area contributed by atoms with Crippen molar-refractivity contribution in [2.45, 2.75) is 24.3 Å². The Morgan fingerprint density at radius 1 is 1.33 bits per heavy atom. The van der Waals surface area contributed by atoms with Gasteiger partial charge in [-0.2, -0.15) is 0 Å². The number of halogens is 3. The molecule has 1 unspecified atom stereocenters. The molecule has 0 radical (unpaired) electrons. The molecule has 0 aliphatic carbocycles. The summed E-state index contributed by atoms with van der Waals surface area (Å²) in [7, 11) is 0. The number of benzene rings is 2. The summed E-state index contributed by atoms with van der Waals surface area (Å²) in [4.78, 5) is 1.27. The predicted molar refractivity (Wildman–Crippen MR) is 92.0 cm³/mol. The Hall–Kier alpha value is -0.710. The molecule has 1 N–H and O–H groups in total. The zero-order valence-electron chi connectivity index (χ0n) is 11.4. The molecule has 0 bridgehead atoms. The molecule has 5 heteroatoms. The van der Waals surface area contributed by atoms with Gasteiger partial charge in [-0.1, -0.05) is 11.6 Å². The van der Waals surface area contributed by atoms with E-state index in [2.05, 4.69) is 27.3 Å². The van der Waals surface area contributed by atoms with Gasteiger partial charge in [-0.05, 0) is 70.7 Å². The van der Waals surface area contributed by atoms with E-state index in [0.717, 1.165) is 28.4 Å². The minimum absolute atomic E-state index is 0.205. The van der Waals surface area contributed by atoms with Gasteiger partial charge in [0.2, 0.25) is 0 Å². The molecule has 1 atom stereocenters. The van der Waals surface area contributed by atoms with E-state index in [9.17, 15) is 4.39 Å². The van der Waals surface area contributed by atoms with Crippen molar-refractivity contribution in [1.29, 1.82) is 0 Å². The van der Waals surface area contributed by atoms with E-state index < -0.39 is 0 Å². The summed E-state index contributed by atoms with van der Waals surface area (Å²) in [6, 6.07) is 9.57. The lowest BCUT2D eigenvalue weighted by atomic mass is 10.0. The van der Waals surface area contributed by atoms with Crippen LogP contribution in [0.15, 0.2) is 39.7 Å². The molecule has 0 fully saturated rings. The van der Waals surface area contributed by atoms with E-state index in [1.54, 1.807) is 12.1 Å². The van der Waals surface area contributed by atoms with Crippen molar-refractivity contribution in [2.24, 2.45) is 0 Å². The lowest BCUT2D eigenvalue weighted by molar-refractivity contribution is 0.619. The molecule has 2 aromatic rings. The summed E-state index contributed by atoms with van der Waals surface area (Å²) >= 11 is 11.2. The lowest BCUT2D eigenvalue weighted by Crippen LogP contribution is -2.16. The highest BCUT2D eigenvalue weighted by Crippen LogP contribution is 2.40. The Morgan fingerprint density at radius 3 is 2.95 bits per heavy atom. The maximum Gasteiger partial charge on any atom is 0.137 e. The molecule has 0 saturated heterocycles. The van der Waals surface area contributed by atoms with Crippen LogP contribution in [0.5, 0.6) is 0 Å². The van der Waals surface area contributed by atoms with Crippen molar-refractivity contribution in [3.05, 3.63) is 56.8 Å². The first-order chi connectivity index (χ1) is 10.0. The van der Waals surface area contributed by atoms with Crippen molar-refractivity contribution in [3.63, 3.8) is 0 Å². The summed E-state index contributed by atoms with van der Waals surface area (Å²) in [6.45, 7) is 1.91. The second-order valence-corrected chi connectivity index (χ2v) is 7.52. The van der Waals surface area contributed by atoms with Gasteiger partial charge in [0.1, 0.15) is 5.82 Å². The molecular formula is C16H14BrClFNS. The number of hydrogen-bond acceptors (Lipinski definition) is 2. The fourth-order valence-corrected chi connectivity index (χ4v) is 4.13. The van der Waals surface area contributed by atoms with Gasteiger partial charge in [-0.15, -0.1) is 11.8 Å². The van der Waals surface area contributed by atoms with Gasteiger partial charge in [0.05, 0.1) is 10.5 Å². The van der Waals surface area contributed by atoms with E-state index in [1.807, 2.05) is 30.8 Å². The summed E-state index contributed by atoms with van der Waals surface area (Å²) in [6.07, 6.45) is 1.02. The van der Waals surface area contributed by atoms with Crippen LogP contribution in [0.3, 0.4) is 0 Å². The summed E-state index contributed by atoms with van der Waals surface area (Å²) in [5.41, 5.74) is 3.07. The number of hydrogen-bond donors (Lipinski definition) is 1. The Morgan fingerprint density at radius 2 is 2.14 bits per heavy atom. The second-order valence-electron chi connectivity index (χ2n) is 5.10. The Labute approximate surface area is 141 Å². The monoisotopic (exact) mass is 385 g/mol. The second kappa shape index (κ2) is 6.19. The first kappa shape index (κ1) is 15.2. The van der Waals surface area contributed by atoms with Gasteiger partial charge in [0.25, 0.3) is 0 Å². The number of anilines is 1. The fraction of sp³-hybridized carbons (Fsp3) is 0.250. The van der Waals surface area contributed by atoms with E-state index in [-0.39, 0.29) is 11.9 Å². The van der Waals surface area contributed by atoms with Gasteiger partial charge in [0.15, 0.2) is 0 Å². The van der Waals surface area contributed by atoms with Crippen LogP contribution in [0.1, 0.15) is 23.6 Å². The molecule has 0 saturated carbocycles. The Kier molecular flexibility index (Phi) is 4.48. The van der Waals surface area contributed by atoms with Gasteiger partial charge in [-0.3, -0.25) is 0 Å². The van der Waals surface area contributed by atoms with Crippen LogP contribution in [0, 0.1) is 12.7 Å². The van der Waals surface area contributed by atoms with Crippen LogP contribution in [-0.2, 0) is 0 Å². The highest BCUT2D eigenvalue weighted by molar-refractivity contribution is 9.10. The molecular weight excluding hydrogens is 373 g/mol. The summed E-state index contributed by atoms with van der Waals surface area (Å²) in [5, 5.41) is 4.28. The average Bonchev–Trinajstić information content (AvgIpc) is 2.45. The quantitative estimate of drug-likeness (QED) is 0.659. The normalized spacial score (nSPS) is 17.4. The van der Waals surface area contributed by atoms with Crippen molar-refractivity contribution >= 4 is 45.0 Å². The topological polar surface area (TPSA) is 12.0 Å². The third-order valence-electron chi connectivity index (χ3n) is 3.61. The number of thioether (sulfide) groups is 1. The van der Waals surface area contributed by atoms with Crippen LogP contribution in [-0.4, -0.2) is 5.75 Å². The van der Waals surface area contributed by atoms with E-state index in [4.69, 9.17) is 11.6 Å². The number of rotatable bonds is 2. The molecule has 1 heterocycles. The Balaban J connectivity index is 1.93. The highest BCUT2D eigenvalue weighted by Gasteiger charge is 2.21. The van der Waals surface area contributed by atoms with E-state index >= 15 is 0 Å². The number of aryl methyl sites for hydroxylation is 1. The molecule has 2 aromatic carbocycles. The molecule has 110 valence electrons. The zero-order valence-corrected chi connectivity index (χ0v) is 14.6. The molecule has 21 heavy (non-hydrogen) atoms. The highest BCUT2D eigenvalue weighted by atomic mass is 79.9. The summed E-state index contributed by atoms with van der Waals surface area (Å²) in [5.74, 6) is 0.828. The van der Waals surface area contributed by atoms with E-state index in [1.165, 1.54) is 10.5 Å². The Bertz CT molecular complexity index is 692. The largest absolute Gasteiger partial charge is 0.378 e. The van der Waals surface area contributed by atoms with Gasteiger partial charge < -0.3 is 5.32 Å². The first-order valence-corrected chi connectivity index (χ1v) is 8.84. The van der Waals surface area contributed by atoms with Crippen molar-refractivity contribution in [1.82, 2.24) is 0 Å². The molecule has 3 rings (SSSR count). The molecule has 1 nitrogen and oxygen atoms in total. The SMILES string of the molecule is Cc1cc(F)c(Br)cc1NC1CCSc2ccc(Cl)cc21. The molecule has 1 aliphatic heterocycles. The minimum atomic E-state index is -0.235. The molecule has 0 amide bonds. The van der Waals surface area contributed by atoms with Crippen LogP contribution in [0.2, 0.25) is 5.02 Å². The maximum atomic E-state index is 13.5. The van der Waals surface area contributed by atoms with Crippen LogP contribution in [0.25, 0.3) is 0 Å². The summed E-state index contributed by atoms with van der Waals surface area (Å²) < 4.78 is 14.0. The molecule has 1 aliphatic rings. The molecule has 0 aromatic heterocycles. The lowest BCUT2D eigenvalue weighted by Gasteiger charge is -2.27. The minimum Gasteiger partial charge on any atom is -0.378 e. The number of nitrogens with one attached hydrogen (secondary N) is 1. The number of fused-ring (bicyclic) bond motifs is 1. The smallest absolute Gasteiger partial charge is 0.137 e. The van der Waals surface area contributed by atoms with Crippen molar-refractivity contribution < 1.29 is 4.39 Å². The zero-order chi connectivity index (χ0) is 15.0. The third-order valence-corrected chi connectivity index (χ3v) is 5.57. The standard InChI is InChI=1S/C16H14BrClFNS/c1-9-6-13(19)12(17)8-15(9)20-14-4-5-21-16-3-2-10(18)7-11(14)16/h2-3,6-8,14,20H,4-5H2,1H3.